The number of aldehydes is 1. The molecule has 0 aliphatic rings. The van der Waals surface area contributed by atoms with E-state index in [2.05, 4.69) is 130 Å². The third-order valence-electron chi connectivity index (χ3n) is 12.1. The van der Waals surface area contributed by atoms with Crippen molar-refractivity contribution in [1.29, 1.82) is 0 Å². The number of carbonyl (C=O) groups excluding carboxylic acids is 3. The zero-order valence-corrected chi connectivity index (χ0v) is 66.4. The van der Waals surface area contributed by atoms with Crippen molar-refractivity contribution in [2.75, 3.05) is 52.9 Å². The van der Waals surface area contributed by atoms with Crippen LogP contribution in [-0.2, 0) is 20.7 Å². The van der Waals surface area contributed by atoms with Crippen molar-refractivity contribution in [3.8, 4) is 41.4 Å². The maximum atomic E-state index is 11.9. The number of ether oxygens (including phenoxy) is 5. The van der Waals surface area contributed by atoms with Gasteiger partial charge in [-0.3, -0.25) is 0 Å². The molecule has 0 spiro atoms. The summed E-state index contributed by atoms with van der Waals surface area (Å²) < 4.78 is 28.8. The van der Waals surface area contributed by atoms with Crippen molar-refractivity contribution in [3.05, 3.63) is 104 Å². The molecule has 0 aliphatic heterocycles. The summed E-state index contributed by atoms with van der Waals surface area (Å²) in [5.41, 5.74) is 5.98. The number of unbranched alkanes of at least 4 members (excludes halogenated alkanes) is 1. The number of rotatable bonds is 26. The van der Waals surface area contributed by atoms with Crippen molar-refractivity contribution in [3.63, 3.8) is 0 Å². The van der Waals surface area contributed by atoms with Crippen LogP contribution in [0, 0.1) is 58.4 Å². The molecular formula is C74H125Br2ILiN3O13. The molecule has 16 nitrogen and oxygen atoms in total. The Labute approximate surface area is 613 Å². The standard InChI is InChI=1S/C18H29NO4.C18H25NO4.C8H9IO2.C6H10Br2.C6H10.C5H12O.C5H10O.C4H11NO.C4H9.Li/c2*1-5-15(19-17(21)23-18(2,3)4)11-10-14-8-6-7-9-16(14)22-13-12-20;9-7-3-1-2-4-8(7)11-6-5-10;1-3-5(2)4-6(7)8;1-4-6(3)5-2;2*1-3-5(2)4-6;1-2-4(5)3-6;1-3-4-2;/h6-9,15,20H,5,10-13H2,1-4H3,(H,19,21);6-9,15,20H,5,12-13H2,1-4H3,(H,19,21);1-4,10H,5-6H2;4-5H,3H2,1-2H3;1,6H,5H2,2-3H3;5-6H,3-4H2,1-2H3;4-5H,3H2,1-2H3;4,6H,2-3,5H2,1H3;1,3-4H2,2H3;/q;;;;;;;;-1;+1/t2*15-;;5-;6-;2*5-;4-;;/m11.10111../s1. The number of terminal acetylenes is 1. The van der Waals surface area contributed by atoms with Crippen LogP contribution in [0.25, 0.3) is 0 Å². The number of allylic oxidation sites excluding steroid dienone is 1. The van der Waals surface area contributed by atoms with Crippen LogP contribution >= 0.6 is 54.5 Å². The Morgan fingerprint density at radius 2 is 1.11 bits per heavy atom. The molecule has 94 heavy (non-hydrogen) atoms. The van der Waals surface area contributed by atoms with Crippen LogP contribution in [0.15, 0.2) is 82.3 Å². The van der Waals surface area contributed by atoms with Crippen molar-refractivity contribution in [2.45, 2.75) is 225 Å². The molecular weight excluding hydrogens is 1430 g/mol. The van der Waals surface area contributed by atoms with Crippen LogP contribution in [0.1, 0.15) is 200 Å². The van der Waals surface area contributed by atoms with Gasteiger partial charge in [0.2, 0.25) is 0 Å². The van der Waals surface area contributed by atoms with Crippen molar-refractivity contribution >= 4 is 72.9 Å². The smallest absolute Gasteiger partial charge is 0.491 e. The van der Waals surface area contributed by atoms with Gasteiger partial charge in [0.25, 0.3) is 0 Å². The summed E-state index contributed by atoms with van der Waals surface area (Å²) in [5.74, 6) is 12.8. The monoisotopic (exact) mass is 1560 g/mol. The fourth-order valence-corrected chi connectivity index (χ4v) is 6.86. The molecule has 0 bridgehead atoms. The van der Waals surface area contributed by atoms with Gasteiger partial charge < -0.3 is 77.3 Å². The van der Waals surface area contributed by atoms with E-state index in [-0.39, 0.29) is 88.6 Å². The Morgan fingerprint density at radius 1 is 0.649 bits per heavy atom. The van der Waals surface area contributed by atoms with Gasteiger partial charge in [0.15, 0.2) is 0 Å². The first-order valence-corrected chi connectivity index (χ1v) is 35.4. The number of carbonyl (C=O) groups is 3. The van der Waals surface area contributed by atoms with E-state index < -0.39 is 17.3 Å². The molecule has 0 aliphatic carbocycles. The number of aryl methyl sites for hydroxylation is 1. The van der Waals surface area contributed by atoms with Crippen LogP contribution in [0.3, 0.4) is 0 Å². The van der Waals surface area contributed by atoms with Gasteiger partial charge in [-0.25, -0.2) is 9.59 Å². The largest absolute Gasteiger partial charge is 1.00 e. The Morgan fingerprint density at radius 3 is 1.44 bits per heavy atom. The normalized spacial score (nSPS) is 12.1. The maximum absolute atomic E-state index is 11.9. The zero-order chi connectivity index (χ0) is 72.6. The second-order valence-corrected chi connectivity index (χ2v) is 27.1. The predicted molar refractivity (Wildman–Crippen MR) is 403 cm³/mol. The van der Waals surface area contributed by atoms with E-state index in [4.69, 9.17) is 61.4 Å². The molecule has 7 atom stereocenters. The van der Waals surface area contributed by atoms with Crippen LogP contribution in [0.2, 0.25) is 0 Å². The molecule has 3 aromatic carbocycles. The second-order valence-electron chi connectivity index (χ2n) is 23.2. The zero-order valence-electron chi connectivity index (χ0n) is 61.1. The maximum Gasteiger partial charge on any atom is 1.00 e. The fraction of sp³-hybridized carbons (Fsp3) is 0.622. The van der Waals surface area contributed by atoms with Crippen LogP contribution in [-0.4, -0.2) is 126 Å². The molecule has 0 aromatic heterocycles. The van der Waals surface area contributed by atoms with Gasteiger partial charge in [-0.05, 0) is 189 Å². The van der Waals surface area contributed by atoms with Gasteiger partial charge in [0.05, 0.1) is 45.0 Å². The van der Waals surface area contributed by atoms with Gasteiger partial charge in [-0.15, -0.1) is 12.3 Å². The first-order chi connectivity index (χ1) is 43.9. The molecule has 20 heteroatoms. The Balaban J connectivity index is -0.000000195. The Kier molecular flexibility index (Phi) is 77.7. The quantitative estimate of drug-likeness (QED) is 0.0122. The molecule has 9 N–H and O–H groups in total. The number of aliphatic hydroxyl groups excluding tert-OH is 5. The third kappa shape index (κ3) is 72.4. The minimum absolute atomic E-state index is 0. The first kappa shape index (κ1) is 104. The second kappa shape index (κ2) is 70.5. The number of amides is 2. The van der Waals surface area contributed by atoms with Gasteiger partial charge in [0.1, 0.15) is 54.6 Å². The van der Waals surface area contributed by atoms with E-state index >= 15 is 0 Å². The average molecular weight is 1560 g/mol. The molecule has 3 rings (SSSR count). The topological polar surface area (TPSA) is 249 Å². The number of para-hydroxylation sites is 3. The number of benzene rings is 3. The van der Waals surface area contributed by atoms with Gasteiger partial charge >= 0.3 is 31.0 Å². The summed E-state index contributed by atoms with van der Waals surface area (Å²) in [6.45, 7) is 40.4. The van der Waals surface area contributed by atoms with Gasteiger partial charge in [-0.1, -0.05) is 163 Å². The summed E-state index contributed by atoms with van der Waals surface area (Å²) in [7, 11) is 0. The van der Waals surface area contributed by atoms with Crippen LogP contribution in [0.5, 0.6) is 17.2 Å². The molecule has 0 saturated carbocycles. The molecule has 0 radical (unpaired) electrons. The number of aliphatic hydroxyl groups is 5. The number of nitrogens with one attached hydrogen (secondary N) is 2. The number of alkyl carbamates (subject to hydrolysis) is 2. The van der Waals surface area contributed by atoms with Crippen molar-refractivity contribution in [1.82, 2.24) is 10.6 Å². The van der Waals surface area contributed by atoms with Crippen LogP contribution < -0.4 is 49.4 Å². The summed E-state index contributed by atoms with van der Waals surface area (Å²) in [6, 6.07) is 22.5. The molecule has 0 fully saturated rings. The molecule has 2 amide bonds. The molecule has 0 saturated heterocycles. The van der Waals surface area contributed by atoms with E-state index in [0.29, 0.717) is 48.7 Å². The predicted octanol–water partition coefficient (Wildman–Crippen LogP) is 13.6. The first-order valence-electron chi connectivity index (χ1n) is 32.7. The van der Waals surface area contributed by atoms with E-state index in [1.54, 1.807) is 6.07 Å². The minimum atomic E-state index is -0.541. The molecule has 536 valence electrons. The van der Waals surface area contributed by atoms with Crippen molar-refractivity contribution < 1.29 is 82.5 Å². The third-order valence-corrected chi connectivity index (χ3v) is 13.6. The number of hydrogen-bond donors (Lipinski definition) is 8. The minimum Gasteiger partial charge on any atom is -0.491 e. The molecule has 0 heterocycles. The van der Waals surface area contributed by atoms with E-state index in [9.17, 15) is 14.4 Å². The fourth-order valence-electron chi connectivity index (χ4n) is 5.42. The average Bonchev–Trinajstić information content (AvgIpc) is 1.13. The van der Waals surface area contributed by atoms with E-state index in [1.807, 2.05) is 157 Å². The summed E-state index contributed by atoms with van der Waals surface area (Å²) in [6.07, 6.45) is 17.8. The summed E-state index contributed by atoms with van der Waals surface area (Å²) >= 11 is 8.78. The van der Waals surface area contributed by atoms with Gasteiger partial charge in [0, 0.05) is 30.5 Å². The number of nitrogens with two attached hydrogens (primary N) is 1. The molecule has 3 aromatic rings. The number of halogens is 3. The SMILES string of the molecule is C#C[C@H](C)CC.CC[C@@H](C)C=C(Br)Br.CC[C@@H](C)C=O.CC[C@@H](C)CO.CC[C@@H](N)CO.CC[C@H](C#Cc1ccccc1OCCO)NC(=O)OC(C)(C)C.CC[C@H](CCc1ccccc1OCCO)NC(=O)OC(C)(C)C.OCCOc1ccccc1I.[CH2-]CCC.[Li+]. The number of hydrogen-bond acceptors (Lipinski definition) is 14. The summed E-state index contributed by atoms with van der Waals surface area (Å²) in [4.78, 5) is 33.4. The van der Waals surface area contributed by atoms with E-state index in [0.717, 1.165) is 81.7 Å². The Hall–Kier alpha value is -3.82. The Bertz CT molecular complexity index is 2350. The van der Waals surface area contributed by atoms with Gasteiger partial charge in [-0.2, -0.15) is 6.42 Å². The van der Waals surface area contributed by atoms with Crippen molar-refractivity contribution in [2.24, 2.45) is 29.4 Å². The summed E-state index contributed by atoms with van der Waals surface area (Å²) in [5, 5.41) is 48.4. The van der Waals surface area contributed by atoms with E-state index in [1.165, 1.54) is 12.8 Å². The molecule has 0 unspecified atom stereocenters. The van der Waals surface area contributed by atoms with Crippen LogP contribution in [0.4, 0.5) is 9.59 Å².